The molecular formula is C17H28N2. The summed E-state index contributed by atoms with van der Waals surface area (Å²) in [6, 6.07) is 7.43. The summed E-state index contributed by atoms with van der Waals surface area (Å²) >= 11 is 0. The Morgan fingerprint density at radius 2 is 2.05 bits per heavy atom. The Morgan fingerprint density at radius 3 is 2.84 bits per heavy atom. The van der Waals surface area contributed by atoms with Crippen LogP contribution in [0.5, 0.6) is 0 Å². The highest BCUT2D eigenvalue weighted by atomic mass is 15.2. The maximum Gasteiger partial charge on any atom is 0.0427 e. The Morgan fingerprint density at radius 1 is 1.26 bits per heavy atom. The molecule has 1 saturated heterocycles. The van der Waals surface area contributed by atoms with Crippen LogP contribution in [0.4, 0.5) is 0 Å². The van der Waals surface area contributed by atoms with Crippen LogP contribution in [-0.4, -0.2) is 24.0 Å². The first kappa shape index (κ1) is 14.5. The summed E-state index contributed by atoms with van der Waals surface area (Å²) in [6.07, 6.45) is 5.39. The third-order valence-electron chi connectivity index (χ3n) is 4.46. The van der Waals surface area contributed by atoms with Crippen LogP contribution in [0.3, 0.4) is 0 Å². The fraction of sp³-hybridized carbons (Fsp3) is 0.647. The number of nitrogens with two attached hydrogens (primary N) is 1. The van der Waals surface area contributed by atoms with Gasteiger partial charge in [0.25, 0.3) is 0 Å². The minimum atomic E-state index is 0.139. The van der Waals surface area contributed by atoms with Gasteiger partial charge in [0, 0.05) is 18.6 Å². The van der Waals surface area contributed by atoms with Gasteiger partial charge >= 0.3 is 0 Å². The molecule has 0 aliphatic carbocycles. The van der Waals surface area contributed by atoms with Crippen molar-refractivity contribution in [2.24, 2.45) is 5.73 Å². The minimum Gasteiger partial charge on any atom is -0.323 e. The van der Waals surface area contributed by atoms with Gasteiger partial charge in [0.15, 0.2) is 0 Å². The Bertz CT molecular complexity index is 414. The van der Waals surface area contributed by atoms with E-state index in [0.717, 1.165) is 6.54 Å². The number of aryl methyl sites for hydroxylation is 2. The van der Waals surface area contributed by atoms with Crippen molar-refractivity contribution >= 4 is 0 Å². The van der Waals surface area contributed by atoms with Crippen molar-refractivity contribution in [1.29, 1.82) is 0 Å². The number of likely N-dealkylation sites (tertiary alicyclic amines) is 1. The summed E-state index contributed by atoms with van der Waals surface area (Å²) in [5.74, 6) is 0. The van der Waals surface area contributed by atoms with Crippen molar-refractivity contribution in [1.82, 2.24) is 4.90 Å². The second-order valence-electron chi connectivity index (χ2n) is 6.16. The maximum atomic E-state index is 6.47. The van der Waals surface area contributed by atoms with Crippen LogP contribution in [0.25, 0.3) is 0 Å². The molecule has 0 aromatic heterocycles. The van der Waals surface area contributed by atoms with Crippen molar-refractivity contribution in [3.05, 3.63) is 34.9 Å². The Labute approximate surface area is 118 Å². The van der Waals surface area contributed by atoms with E-state index in [-0.39, 0.29) is 6.04 Å². The van der Waals surface area contributed by atoms with E-state index in [4.69, 9.17) is 5.73 Å². The van der Waals surface area contributed by atoms with Crippen LogP contribution in [0.15, 0.2) is 18.2 Å². The molecule has 1 fully saturated rings. The number of rotatable bonds is 3. The SMILES string of the molecule is Cc1ccc(C)c(C(N)CN2CCCCCC2C)c1. The monoisotopic (exact) mass is 260 g/mol. The second-order valence-corrected chi connectivity index (χ2v) is 6.16. The van der Waals surface area contributed by atoms with Crippen molar-refractivity contribution in [3.63, 3.8) is 0 Å². The summed E-state index contributed by atoms with van der Waals surface area (Å²) in [7, 11) is 0. The van der Waals surface area contributed by atoms with Crippen molar-refractivity contribution in [2.75, 3.05) is 13.1 Å². The van der Waals surface area contributed by atoms with Gasteiger partial charge in [-0.05, 0) is 51.3 Å². The molecule has 2 rings (SSSR count). The highest BCUT2D eigenvalue weighted by molar-refractivity contribution is 5.33. The first-order chi connectivity index (χ1) is 9.08. The molecule has 2 atom stereocenters. The first-order valence-electron chi connectivity index (χ1n) is 7.64. The van der Waals surface area contributed by atoms with E-state index in [9.17, 15) is 0 Å². The number of nitrogens with zero attached hydrogens (tertiary/aromatic N) is 1. The molecule has 2 unspecified atom stereocenters. The average Bonchev–Trinajstić information content (AvgIpc) is 2.58. The van der Waals surface area contributed by atoms with Crippen LogP contribution >= 0.6 is 0 Å². The quantitative estimate of drug-likeness (QED) is 0.900. The molecule has 2 N–H and O–H groups in total. The lowest BCUT2D eigenvalue weighted by atomic mass is 9.98. The summed E-state index contributed by atoms with van der Waals surface area (Å²) in [6.45, 7) is 8.86. The molecule has 19 heavy (non-hydrogen) atoms. The van der Waals surface area contributed by atoms with Crippen LogP contribution in [0.1, 0.15) is 55.3 Å². The zero-order valence-electron chi connectivity index (χ0n) is 12.7. The highest BCUT2D eigenvalue weighted by Gasteiger charge is 2.20. The lowest BCUT2D eigenvalue weighted by molar-refractivity contribution is 0.201. The third kappa shape index (κ3) is 3.80. The Kier molecular flexibility index (Phi) is 5.00. The van der Waals surface area contributed by atoms with E-state index < -0.39 is 0 Å². The predicted molar refractivity (Wildman–Crippen MR) is 82.3 cm³/mol. The standard InChI is InChI=1S/C17H28N2/c1-13-8-9-14(2)16(11-13)17(18)12-19-10-6-4-5-7-15(19)3/h8-9,11,15,17H,4-7,10,12,18H2,1-3H3. The zero-order chi connectivity index (χ0) is 13.8. The molecule has 1 aromatic carbocycles. The Hall–Kier alpha value is -0.860. The van der Waals surface area contributed by atoms with Crippen molar-refractivity contribution < 1.29 is 0 Å². The first-order valence-corrected chi connectivity index (χ1v) is 7.64. The molecule has 2 heteroatoms. The smallest absolute Gasteiger partial charge is 0.0427 e. The molecule has 1 heterocycles. The zero-order valence-corrected chi connectivity index (χ0v) is 12.7. The summed E-state index contributed by atoms with van der Waals surface area (Å²) < 4.78 is 0. The van der Waals surface area contributed by atoms with E-state index in [2.05, 4.69) is 43.9 Å². The van der Waals surface area contributed by atoms with Crippen molar-refractivity contribution in [2.45, 2.75) is 58.5 Å². The lowest BCUT2D eigenvalue weighted by Crippen LogP contribution is -2.38. The molecule has 1 aromatic rings. The van der Waals surface area contributed by atoms with Gasteiger partial charge in [0.05, 0.1) is 0 Å². The predicted octanol–water partition coefficient (Wildman–Crippen LogP) is 3.57. The molecule has 0 saturated carbocycles. The minimum absolute atomic E-state index is 0.139. The average molecular weight is 260 g/mol. The third-order valence-corrected chi connectivity index (χ3v) is 4.46. The molecule has 106 valence electrons. The number of hydrogen-bond donors (Lipinski definition) is 1. The molecule has 0 bridgehead atoms. The van der Waals surface area contributed by atoms with Gasteiger partial charge in [-0.15, -0.1) is 0 Å². The number of hydrogen-bond acceptors (Lipinski definition) is 2. The normalized spacial score (nSPS) is 23.1. The van der Waals surface area contributed by atoms with E-state index in [1.54, 1.807) is 0 Å². The largest absolute Gasteiger partial charge is 0.323 e. The summed E-state index contributed by atoms with van der Waals surface area (Å²) in [4.78, 5) is 2.58. The van der Waals surface area contributed by atoms with Crippen LogP contribution < -0.4 is 5.73 Å². The van der Waals surface area contributed by atoms with Crippen LogP contribution in [0.2, 0.25) is 0 Å². The van der Waals surface area contributed by atoms with Gasteiger partial charge in [-0.2, -0.15) is 0 Å². The van der Waals surface area contributed by atoms with Gasteiger partial charge in [0.1, 0.15) is 0 Å². The summed E-state index contributed by atoms with van der Waals surface area (Å²) in [5, 5.41) is 0. The fourth-order valence-electron chi connectivity index (χ4n) is 3.12. The Balaban J connectivity index is 2.06. The van der Waals surface area contributed by atoms with E-state index in [0.29, 0.717) is 6.04 Å². The van der Waals surface area contributed by atoms with Crippen molar-refractivity contribution in [3.8, 4) is 0 Å². The number of benzene rings is 1. The summed E-state index contributed by atoms with van der Waals surface area (Å²) in [5.41, 5.74) is 10.4. The highest BCUT2D eigenvalue weighted by Crippen LogP contribution is 2.22. The van der Waals surface area contributed by atoms with Crippen LogP contribution in [-0.2, 0) is 0 Å². The molecule has 0 radical (unpaired) electrons. The van der Waals surface area contributed by atoms with Gasteiger partial charge in [-0.25, -0.2) is 0 Å². The maximum absolute atomic E-state index is 6.47. The second kappa shape index (κ2) is 6.53. The molecule has 0 spiro atoms. The van der Waals surface area contributed by atoms with E-state index in [1.807, 2.05) is 0 Å². The van der Waals surface area contributed by atoms with Crippen LogP contribution in [0, 0.1) is 13.8 Å². The molecule has 0 amide bonds. The van der Waals surface area contributed by atoms with Gasteiger partial charge < -0.3 is 5.73 Å². The topological polar surface area (TPSA) is 29.3 Å². The molecular weight excluding hydrogens is 232 g/mol. The molecule has 2 nitrogen and oxygen atoms in total. The van der Waals surface area contributed by atoms with Gasteiger partial charge in [-0.3, -0.25) is 4.90 Å². The van der Waals surface area contributed by atoms with E-state index in [1.165, 1.54) is 48.9 Å². The lowest BCUT2D eigenvalue weighted by Gasteiger charge is -2.30. The molecule has 1 aliphatic heterocycles. The van der Waals surface area contributed by atoms with E-state index >= 15 is 0 Å². The van der Waals surface area contributed by atoms with Gasteiger partial charge in [0.2, 0.25) is 0 Å². The fourth-order valence-corrected chi connectivity index (χ4v) is 3.12. The van der Waals surface area contributed by atoms with Gasteiger partial charge in [-0.1, -0.05) is 36.6 Å². The molecule has 1 aliphatic rings.